The Morgan fingerprint density at radius 2 is 2.12 bits per heavy atom. The van der Waals surface area contributed by atoms with Crippen LogP contribution in [0.5, 0.6) is 0 Å². The first-order valence-electron chi connectivity index (χ1n) is 6.62. The van der Waals surface area contributed by atoms with Gasteiger partial charge < -0.3 is 15.4 Å². The molecule has 1 saturated heterocycles. The van der Waals surface area contributed by atoms with Gasteiger partial charge in [-0.15, -0.1) is 0 Å². The highest BCUT2D eigenvalue weighted by Crippen LogP contribution is 2.22. The molecule has 5 nitrogen and oxygen atoms in total. The molecule has 0 aromatic heterocycles. The van der Waals surface area contributed by atoms with Gasteiger partial charge in [-0.1, -0.05) is 0 Å². The number of hydrogen-bond donors (Lipinski definition) is 2. The van der Waals surface area contributed by atoms with Gasteiger partial charge in [0, 0.05) is 38.8 Å². The minimum atomic E-state index is 0.159. The molecule has 2 rings (SSSR count). The fourth-order valence-corrected chi connectivity index (χ4v) is 2.40. The number of piperazine rings is 1. The number of amides is 1. The van der Waals surface area contributed by atoms with Crippen molar-refractivity contribution in [3.05, 3.63) is 0 Å². The number of nitrogens with one attached hydrogen (secondary N) is 2. The molecule has 2 fully saturated rings. The molecule has 1 aliphatic heterocycles. The number of hydrogen-bond acceptors (Lipinski definition) is 4. The Bertz CT molecular complexity index is 248. The van der Waals surface area contributed by atoms with E-state index in [0.29, 0.717) is 18.7 Å². The summed E-state index contributed by atoms with van der Waals surface area (Å²) in [5.41, 5.74) is 0. The Hall–Kier alpha value is -0.650. The maximum atomic E-state index is 11.8. The van der Waals surface area contributed by atoms with Gasteiger partial charge in [0.1, 0.15) is 0 Å². The summed E-state index contributed by atoms with van der Waals surface area (Å²) in [6.07, 6.45) is 2.31. The van der Waals surface area contributed by atoms with Crippen molar-refractivity contribution in [1.82, 2.24) is 15.5 Å². The van der Waals surface area contributed by atoms with Crippen LogP contribution in [0, 0.1) is 0 Å². The van der Waals surface area contributed by atoms with Crippen LogP contribution in [0.25, 0.3) is 0 Å². The maximum absolute atomic E-state index is 11.8. The van der Waals surface area contributed by atoms with E-state index in [1.165, 1.54) is 0 Å². The van der Waals surface area contributed by atoms with Crippen LogP contribution >= 0.6 is 0 Å². The molecule has 0 spiro atoms. The van der Waals surface area contributed by atoms with Crippen LogP contribution in [-0.2, 0) is 9.53 Å². The Morgan fingerprint density at radius 3 is 2.76 bits per heavy atom. The molecule has 1 heterocycles. The minimum absolute atomic E-state index is 0.159. The topological polar surface area (TPSA) is 53.6 Å². The molecular weight excluding hydrogens is 218 g/mol. The Balaban J connectivity index is 1.58. The first kappa shape index (κ1) is 12.8. The second-order valence-electron chi connectivity index (χ2n) is 4.84. The van der Waals surface area contributed by atoms with Gasteiger partial charge in [0.15, 0.2) is 0 Å². The summed E-state index contributed by atoms with van der Waals surface area (Å²) in [5, 5.41) is 6.35. The second-order valence-corrected chi connectivity index (χ2v) is 4.84. The van der Waals surface area contributed by atoms with Gasteiger partial charge in [-0.25, -0.2) is 0 Å². The third-order valence-electron chi connectivity index (χ3n) is 3.44. The number of ether oxygens (including phenoxy) is 1. The monoisotopic (exact) mass is 241 g/mol. The minimum Gasteiger partial charge on any atom is -0.378 e. The lowest BCUT2D eigenvalue weighted by Crippen LogP contribution is -2.52. The summed E-state index contributed by atoms with van der Waals surface area (Å²) in [6.45, 7) is 7.24. The van der Waals surface area contributed by atoms with E-state index in [1.54, 1.807) is 0 Å². The molecule has 98 valence electrons. The van der Waals surface area contributed by atoms with Crippen molar-refractivity contribution >= 4 is 5.91 Å². The molecule has 1 aliphatic carbocycles. The van der Waals surface area contributed by atoms with E-state index in [4.69, 9.17) is 4.74 Å². The Kier molecular flexibility index (Phi) is 4.76. The normalized spacial score (nSPS) is 29.7. The summed E-state index contributed by atoms with van der Waals surface area (Å²) in [5.74, 6) is 0.159. The lowest BCUT2D eigenvalue weighted by atomic mass is 9.89. The highest BCUT2D eigenvalue weighted by molar-refractivity contribution is 5.78. The van der Waals surface area contributed by atoms with Gasteiger partial charge in [0.25, 0.3) is 0 Å². The fraction of sp³-hybridized carbons (Fsp3) is 0.917. The van der Waals surface area contributed by atoms with Crippen molar-refractivity contribution in [2.24, 2.45) is 0 Å². The number of nitrogens with zero attached hydrogens (tertiary/aromatic N) is 1. The summed E-state index contributed by atoms with van der Waals surface area (Å²) in [6, 6.07) is 0.335. The predicted octanol–water partition coefficient (Wildman–Crippen LogP) is -0.425. The summed E-state index contributed by atoms with van der Waals surface area (Å²) in [7, 11) is 0. The largest absolute Gasteiger partial charge is 0.378 e. The molecule has 0 aromatic carbocycles. The SMILES string of the molecule is CCOC1CC(NC(=O)CN2CCNCC2)C1. The highest BCUT2D eigenvalue weighted by Gasteiger charge is 2.30. The summed E-state index contributed by atoms with van der Waals surface area (Å²) in [4.78, 5) is 14.0. The van der Waals surface area contributed by atoms with E-state index in [-0.39, 0.29) is 5.91 Å². The van der Waals surface area contributed by atoms with Crippen LogP contribution in [0.3, 0.4) is 0 Å². The van der Waals surface area contributed by atoms with E-state index in [2.05, 4.69) is 15.5 Å². The molecule has 17 heavy (non-hydrogen) atoms. The number of carbonyl (C=O) groups is 1. The van der Waals surface area contributed by atoms with Gasteiger partial charge in [0.05, 0.1) is 12.6 Å². The molecule has 0 bridgehead atoms. The number of rotatable bonds is 5. The van der Waals surface area contributed by atoms with Crippen LogP contribution in [0.2, 0.25) is 0 Å². The van der Waals surface area contributed by atoms with Crippen LogP contribution < -0.4 is 10.6 Å². The van der Waals surface area contributed by atoms with E-state index < -0.39 is 0 Å². The predicted molar refractivity (Wildman–Crippen MR) is 65.9 cm³/mol. The third-order valence-corrected chi connectivity index (χ3v) is 3.44. The fourth-order valence-electron chi connectivity index (χ4n) is 2.40. The van der Waals surface area contributed by atoms with Crippen LogP contribution in [0.4, 0.5) is 0 Å². The highest BCUT2D eigenvalue weighted by atomic mass is 16.5. The molecule has 2 aliphatic rings. The zero-order valence-corrected chi connectivity index (χ0v) is 10.6. The van der Waals surface area contributed by atoms with E-state index in [0.717, 1.165) is 45.6 Å². The molecule has 0 atom stereocenters. The maximum Gasteiger partial charge on any atom is 0.234 e. The van der Waals surface area contributed by atoms with Crippen molar-refractivity contribution in [2.75, 3.05) is 39.3 Å². The molecule has 0 unspecified atom stereocenters. The Labute approximate surface area is 103 Å². The van der Waals surface area contributed by atoms with Crippen molar-refractivity contribution in [2.45, 2.75) is 31.9 Å². The van der Waals surface area contributed by atoms with Gasteiger partial charge >= 0.3 is 0 Å². The lowest BCUT2D eigenvalue weighted by molar-refractivity contribution is -0.125. The molecule has 0 aromatic rings. The second kappa shape index (κ2) is 6.33. The lowest BCUT2D eigenvalue weighted by Gasteiger charge is -2.36. The zero-order chi connectivity index (χ0) is 12.1. The van der Waals surface area contributed by atoms with Gasteiger partial charge in [-0.2, -0.15) is 0 Å². The number of carbonyl (C=O) groups excluding carboxylic acids is 1. The van der Waals surface area contributed by atoms with E-state index in [1.807, 2.05) is 6.92 Å². The zero-order valence-electron chi connectivity index (χ0n) is 10.6. The smallest absolute Gasteiger partial charge is 0.234 e. The molecule has 5 heteroatoms. The van der Waals surface area contributed by atoms with Crippen LogP contribution in [0.15, 0.2) is 0 Å². The molecule has 2 N–H and O–H groups in total. The van der Waals surface area contributed by atoms with Crippen molar-refractivity contribution < 1.29 is 9.53 Å². The molecule has 1 amide bonds. The molecule has 0 radical (unpaired) electrons. The first-order valence-corrected chi connectivity index (χ1v) is 6.62. The van der Waals surface area contributed by atoms with Gasteiger partial charge in [0.2, 0.25) is 5.91 Å². The average Bonchev–Trinajstić information content (AvgIpc) is 2.27. The molecular formula is C12H23N3O2. The van der Waals surface area contributed by atoms with E-state index >= 15 is 0 Å². The average molecular weight is 241 g/mol. The standard InChI is InChI=1S/C12H23N3O2/c1-2-17-11-7-10(8-11)14-12(16)9-15-5-3-13-4-6-15/h10-11,13H,2-9H2,1H3,(H,14,16). The summed E-state index contributed by atoms with van der Waals surface area (Å²) < 4.78 is 5.47. The van der Waals surface area contributed by atoms with Crippen LogP contribution in [-0.4, -0.2) is 62.3 Å². The first-order chi connectivity index (χ1) is 8.28. The van der Waals surface area contributed by atoms with Gasteiger partial charge in [-0.05, 0) is 19.8 Å². The van der Waals surface area contributed by atoms with Crippen molar-refractivity contribution in [1.29, 1.82) is 0 Å². The van der Waals surface area contributed by atoms with Crippen LogP contribution in [0.1, 0.15) is 19.8 Å². The quantitative estimate of drug-likeness (QED) is 0.686. The molecule has 1 saturated carbocycles. The van der Waals surface area contributed by atoms with Crippen molar-refractivity contribution in [3.8, 4) is 0 Å². The van der Waals surface area contributed by atoms with Crippen molar-refractivity contribution in [3.63, 3.8) is 0 Å². The Morgan fingerprint density at radius 1 is 1.41 bits per heavy atom. The third kappa shape index (κ3) is 3.94. The van der Waals surface area contributed by atoms with Gasteiger partial charge in [-0.3, -0.25) is 9.69 Å². The summed E-state index contributed by atoms with van der Waals surface area (Å²) >= 11 is 0. The van der Waals surface area contributed by atoms with E-state index in [9.17, 15) is 4.79 Å².